The van der Waals surface area contributed by atoms with Crippen LogP contribution in [0.1, 0.15) is 68.9 Å². The Balaban J connectivity index is 2.04. The van der Waals surface area contributed by atoms with Crippen LogP contribution in [0.2, 0.25) is 5.02 Å². The predicted octanol–water partition coefficient (Wildman–Crippen LogP) is 7.02. The summed E-state index contributed by atoms with van der Waals surface area (Å²) in [6.07, 6.45) is 7.71. The molecule has 33 heavy (non-hydrogen) atoms. The number of benzene rings is 2. The summed E-state index contributed by atoms with van der Waals surface area (Å²) >= 11 is 6.15. The summed E-state index contributed by atoms with van der Waals surface area (Å²) in [5, 5.41) is 14.4. The van der Waals surface area contributed by atoms with Crippen LogP contribution in [0.3, 0.4) is 0 Å². The van der Waals surface area contributed by atoms with Gasteiger partial charge in [-0.3, -0.25) is 4.79 Å². The number of anilines is 1. The minimum absolute atomic E-state index is 0.141. The highest BCUT2D eigenvalue weighted by atomic mass is 35.5. The molecule has 3 rings (SSSR count). The zero-order valence-electron chi connectivity index (χ0n) is 19.6. The molecule has 0 fully saturated rings. The minimum atomic E-state index is -0.944. The third-order valence-electron chi connectivity index (χ3n) is 5.71. The normalized spacial score (nSPS) is 15.7. The molecule has 2 N–H and O–H groups in total. The number of aryl methyl sites for hydroxylation is 1. The van der Waals surface area contributed by atoms with Crippen molar-refractivity contribution in [2.75, 3.05) is 5.32 Å². The first-order valence-corrected chi connectivity index (χ1v) is 11.7. The first-order chi connectivity index (χ1) is 15.9. The molecule has 3 nitrogen and oxygen atoms in total. The molecule has 0 saturated carbocycles. The monoisotopic (exact) mass is 459 g/mol. The van der Waals surface area contributed by atoms with Crippen molar-refractivity contribution in [2.45, 2.75) is 53.1 Å². The van der Waals surface area contributed by atoms with E-state index < -0.39 is 6.10 Å². The Morgan fingerprint density at radius 2 is 2.03 bits per heavy atom. The van der Waals surface area contributed by atoms with Crippen LogP contribution in [-0.2, 0) is 11.2 Å². The average Bonchev–Trinajstić information content (AvgIpc) is 3.11. The van der Waals surface area contributed by atoms with Gasteiger partial charge in [0.1, 0.15) is 6.10 Å². The van der Waals surface area contributed by atoms with Crippen LogP contribution < -0.4 is 5.32 Å². The number of aliphatic hydroxyl groups is 1. The molecule has 1 atom stereocenters. The van der Waals surface area contributed by atoms with E-state index in [4.69, 9.17) is 11.6 Å². The van der Waals surface area contributed by atoms with Gasteiger partial charge in [0.2, 0.25) is 0 Å². The standard InChI is InChI=1S/C29H30ClNO2/c1-5-9-20(7-3)19(4)17-25-28-21(11-8-12-26(28)31-29(25)33)13-16-27(32)24-15-14-23(30)18-22(24)10-6-2/h5,8-9,11-12,14-15,17-18,27,32H,6-7,10H2,1-4H3,(H,31,33)/b9-5-,20-19+,25-17-. The molecule has 4 heteroatoms. The van der Waals surface area contributed by atoms with Crippen molar-refractivity contribution in [2.24, 2.45) is 0 Å². The Morgan fingerprint density at radius 3 is 2.73 bits per heavy atom. The highest BCUT2D eigenvalue weighted by molar-refractivity contribution is 6.32. The second-order valence-electron chi connectivity index (χ2n) is 8.07. The molecule has 0 aliphatic carbocycles. The van der Waals surface area contributed by atoms with Crippen molar-refractivity contribution in [3.8, 4) is 11.8 Å². The molecule has 0 radical (unpaired) electrons. The minimum Gasteiger partial charge on any atom is -0.376 e. The van der Waals surface area contributed by atoms with Gasteiger partial charge in [0.05, 0.1) is 11.3 Å². The molecule has 0 saturated heterocycles. The quantitative estimate of drug-likeness (QED) is 0.277. The van der Waals surface area contributed by atoms with E-state index in [9.17, 15) is 9.90 Å². The van der Waals surface area contributed by atoms with Crippen molar-refractivity contribution in [3.05, 3.63) is 93.0 Å². The first kappa shape index (κ1) is 24.6. The van der Waals surface area contributed by atoms with E-state index >= 15 is 0 Å². The van der Waals surface area contributed by atoms with Crippen LogP contribution in [0, 0.1) is 11.8 Å². The highest BCUT2D eigenvalue weighted by Crippen LogP contribution is 2.35. The maximum atomic E-state index is 12.8. The molecule has 1 aliphatic heterocycles. The lowest BCUT2D eigenvalue weighted by Crippen LogP contribution is -2.04. The van der Waals surface area contributed by atoms with E-state index in [2.05, 4.69) is 37.1 Å². The average molecular weight is 460 g/mol. The molecule has 0 aromatic heterocycles. The molecular weight excluding hydrogens is 430 g/mol. The number of hydrogen-bond acceptors (Lipinski definition) is 2. The van der Waals surface area contributed by atoms with Gasteiger partial charge in [0, 0.05) is 16.1 Å². The SMILES string of the molecule is C\C=C/C(CC)=C(C)/C=C1\C(=O)Nc2cccc(C#CC(O)c3ccc(Cl)cc3CCC)c21. The van der Waals surface area contributed by atoms with Gasteiger partial charge in [-0.25, -0.2) is 0 Å². The molecule has 1 amide bonds. The zero-order chi connectivity index (χ0) is 24.0. The van der Waals surface area contributed by atoms with E-state index in [1.165, 1.54) is 5.57 Å². The Bertz CT molecular complexity index is 1210. The van der Waals surface area contributed by atoms with Gasteiger partial charge in [-0.2, -0.15) is 0 Å². The second kappa shape index (κ2) is 11.2. The Labute approximate surface area is 201 Å². The Kier molecular flexibility index (Phi) is 8.33. The number of amides is 1. The number of aliphatic hydroxyl groups excluding tert-OH is 1. The van der Waals surface area contributed by atoms with Crippen LogP contribution in [0.25, 0.3) is 5.57 Å². The van der Waals surface area contributed by atoms with Gasteiger partial charge in [0.15, 0.2) is 0 Å². The third-order valence-corrected chi connectivity index (χ3v) is 5.94. The zero-order valence-corrected chi connectivity index (χ0v) is 20.4. The third kappa shape index (κ3) is 5.66. The van der Waals surface area contributed by atoms with Gasteiger partial charge in [-0.15, -0.1) is 0 Å². The summed E-state index contributed by atoms with van der Waals surface area (Å²) in [7, 11) is 0. The smallest absolute Gasteiger partial charge is 0.256 e. The molecule has 0 spiro atoms. The number of carbonyl (C=O) groups is 1. The topological polar surface area (TPSA) is 49.3 Å². The summed E-state index contributed by atoms with van der Waals surface area (Å²) in [6, 6.07) is 11.1. The molecule has 1 aliphatic rings. The summed E-state index contributed by atoms with van der Waals surface area (Å²) in [6.45, 7) is 8.19. The van der Waals surface area contributed by atoms with E-state index in [1.807, 2.05) is 56.3 Å². The maximum Gasteiger partial charge on any atom is 0.256 e. The van der Waals surface area contributed by atoms with Crippen LogP contribution in [0.5, 0.6) is 0 Å². The predicted molar refractivity (Wildman–Crippen MR) is 138 cm³/mol. The number of halogens is 1. The largest absolute Gasteiger partial charge is 0.376 e. The van der Waals surface area contributed by atoms with E-state index in [1.54, 1.807) is 6.07 Å². The van der Waals surface area contributed by atoms with E-state index in [-0.39, 0.29) is 5.91 Å². The summed E-state index contributed by atoms with van der Waals surface area (Å²) in [4.78, 5) is 12.8. The molecule has 170 valence electrons. The van der Waals surface area contributed by atoms with Gasteiger partial charge in [0.25, 0.3) is 5.91 Å². The fraction of sp³-hybridized carbons (Fsp3) is 0.276. The van der Waals surface area contributed by atoms with Crippen molar-refractivity contribution < 1.29 is 9.90 Å². The van der Waals surface area contributed by atoms with Crippen molar-refractivity contribution in [3.63, 3.8) is 0 Å². The summed E-state index contributed by atoms with van der Waals surface area (Å²) in [5.41, 5.74) is 6.81. The second-order valence-corrected chi connectivity index (χ2v) is 8.50. The van der Waals surface area contributed by atoms with Gasteiger partial charge in [-0.05, 0) is 79.3 Å². The van der Waals surface area contributed by atoms with E-state index in [0.717, 1.165) is 47.2 Å². The Hall–Kier alpha value is -3.06. The number of hydrogen-bond donors (Lipinski definition) is 2. The lowest BCUT2D eigenvalue weighted by molar-refractivity contribution is -0.110. The van der Waals surface area contributed by atoms with Crippen LogP contribution in [-0.4, -0.2) is 11.0 Å². The summed E-state index contributed by atoms with van der Waals surface area (Å²) < 4.78 is 0. The summed E-state index contributed by atoms with van der Waals surface area (Å²) in [5.74, 6) is 5.96. The number of nitrogens with one attached hydrogen (secondary N) is 1. The molecule has 1 unspecified atom stereocenters. The first-order valence-electron chi connectivity index (χ1n) is 11.4. The van der Waals surface area contributed by atoms with Gasteiger partial charge < -0.3 is 10.4 Å². The Morgan fingerprint density at radius 1 is 1.24 bits per heavy atom. The van der Waals surface area contributed by atoms with Gasteiger partial charge in [-0.1, -0.05) is 68.0 Å². The lowest BCUT2D eigenvalue weighted by atomic mass is 9.96. The van der Waals surface area contributed by atoms with Crippen LogP contribution in [0.4, 0.5) is 5.69 Å². The molecule has 0 bridgehead atoms. The van der Waals surface area contributed by atoms with Crippen LogP contribution >= 0.6 is 11.6 Å². The highest BCUT2D eigenvalue weighted by Gasteiger charge is 2.26. The fourth-order valence-electron chi connectivity index (χ4n) is 4.08. The van der Waals surface area contributed by atoms with Crippen LogP contribution in [0.15, 0.2) is 65.8 Å². The number of allylic oxidation sites excluding steroid dienone is 5. The van der Waals surface area contributed by atoms with Gasteiger partial charge >= 0.3 is 0 Å². The van der Waals surface area contributed by atoms with Crippen molar-refractivity contribution >= 4 is 28.8 Å². The number of carbonyl (C=O) groups excluding carboxylic acids is 1. The lowest BCUT2D eigenvalue weighted by Gasteiger charge is -2.11. The number of fused-ring (bicyclic) bond motifs is 1. The molecule has 1 heterocycles. The fourth-order valence-corrected chi connectivity index (χ4v) is 4.28. The van der Waals surface area contributed by atoms with Crippen molar-refractivity contribution in [1.29, 1.82) is 0 Å². The molecule has 2 aromatic rings. The number of rotatable bonds is 6. The van der Waals surface area contributed by atoms with Crippen molar-refractivity contribution in [1.82, 2.24) is 0 Å². The van der Waals surface area contributed by atoms with E-state index in [0.29, 0.717) is 16.2 Å². The maximum absolute atomic E-state index is 12.8. The molecular formula is C29H30ClNO2. The molecule has 2 aromatic carbocycles.